The van der Waals surface area contributed by atoms with Gasteiger partial charge in [0.05, 0.1) is 11.5 Å². The van der Waals surface area contributed by atoms with Gasteiger partial charge in [0.1, 0.15) is 6.10 Å². The van der Waals surface area contributed by atoms with Crippen molar-refractivity contribution in [3.8, 4) is 0 Å². The lowest BCUT2D eigenvalue weighted by Crippen LogP contribution is -2.54. The van der Waals surface area contributed by atoms with Crippen LogP contribution >= 0.6 is 0 Å². The third-order valence-electron chi connectivity index (χ3n) is 8.47. The van der Waals surface area contributed by atoms with Crippen LogP contribution in [0.15, 0.2) is 60.7 Å². The summed E-state index contributed by atoms with van der Waals surface area (Å²) in [5.74, 6) is 0.102. The Balaban J connectivity index is 1.39. The van der Waals surface area contributed by atoms with Gasteiger partial charge < -0.3 is 4.74 Å². The molecule has 2 saturated heterocycles. The van der Waals surface area contributed by atoms with Crippen LogP contribution in [0.1, 0.15) is 95.3 Å². The van der Waals surface area contributed by atoms with Crippen molar-refractivity contribution in [3.05, 3.63) is 71.8 Å². The van der Waals surface area contributed by atoms with E-state index in [0.717, 1.165) is 88.5 Å². The molecule has 2 aliphatic rings. The number of nitrogens with zero attached hydrogens (tertiary/aromatic N) is 2. The number of benzene rings is 2. The molecule has 2 amide bonds. The number of hydrogen-bond donors (Lipinski definition) is 0. The van der Waals surface area contributed by atoms with Crippen LogP contribution in [-0.2, 0) is 14.3 Å². The summed E-state index contributed by atoms with van der Waals surface area (Å²) in [6.07, 6.45) is 9.37. The Morgan fingerprint density at radius 3 is 2.08 bits per heavy atom. The van der Waals surface area contributed by atoms with Crippen molar-refractivity contribution in [2.45, 2.75) is 90.3 Å². The maximum atomic E-state index is 13.7. The zero-order chi connectivity index (χ0) is 26.8. The fourth-order valence-corrected chi connectivity index (χ4v) is 6.20. The van der Waals surface area contributed by atoms with Gasteiger partial charge in [0.2, 0.25) is 11.8 Å². The Labute approximate surface area is 229 Å². The minimum Gasteiger partial charge on any atom is -0.364 e. The van der Waals surface area contributed by atoms with E-state index in [1.807, 2.05) is 12.1 Å². The van der Waals surface area contributed by atoms with Gasteiger partial charge in [0.25, 0.3) is 0 Å². The Hall–Kier alpha value is -2.50. The van der Waals surface area contributed by atoms with Gasteiger partial charge >= 0.3 is 0 Å². The number of carbonyl (C=O) groups excluding carboxylic acids is 2. The van der Waals surface area contributed by atoms with Crippen molar-refractivity contribution in [1.82, 2.24) is 9.80 Å². The number of hydrogen-bond acceptors (Lipinski definition) is 4. The van der Waals surface area contributed by atoms with E-state index in [4.69, 9.17) is 4.74 Å². The van der Waals surface area contributed by atoms with Crippen molar-refractivity contribution in [2.75, 3.05) is 26.2 Å². The van der Waals surface area contributed by atoms with Gasteiger partial charge in [-0.3, -0.25) is 19.4 Å². The van der Waals surface area contributed by atoms with Crippen LogP contribution < -0.4 is 0 Å². The van der Waals surface area contributed by atoms with E-state index >= 15 is 0 Å². The van der Waals surface area contributed by atoms with Crippen LogP contribution in [0.25, 0.3) is 0 Å². The first-order chi connectivity index (χ1) is 18.6. The summed E-state index contributed by atoms with van der Waals surface area (Å²) >= 11 is 0. The molecule has 1 atom stereocenters. The van der Waals surface area contributed by atoms with Crippen molar-refractivity contribution < 1.29 is 14.3 Å². The molecule has 2 heterocycles. The lowest BCUT2D eigenvalue weighted by molar-refractivity contribution is -0.159. The smallest absolute Gasteiger partial charge is 0.235 e. The summed E-state index contributed by atoms with van der Waals surface area (Å²) in [6, 6.07) is 20.9. The average molecular weight is 519 g/mol. The number of imide groups is 1. The zero-order valence-electron chi connectivity index (χ0n) is 23.4. The fourth-order valence-electron chi connectivity index (χ4n) is 6.20. The molecule has 5 nitrogen and oxygen atoms in total. The van der Waals surface area contributed by atoms with E-state index < -0.39 is 0 Å². The van der Waals surface area contributed by atoms with Gasteiger partial charge in [-0.2, -0.15) is 0 Å². The summed E-state index contributed by atoms with van der Waals surface area (Å²) in [5, 5.41) is 0. The summed E-state index contributed by atoms with van der Waals surface area (Å²) in [6.45, 7) is 7.37. The van der Waals surface area contributed by atoms with E-state index in [1.165, 1.54) is 0 Å². The summed E-state index contributed by atoms with van der Waals surface area (Å²) < 4.78 is 6.76. The summed E-state index contributed by atoms with van der Waals surface area (Å²) in [4.78, 5) is 30.6. The van der Waals surface area contributed by atoms with Gasteiger partial charge in [-0.05, 0) is 49.8 Å². The highest BCUT2D eigenvalue weighted by Gasteiger charge is 2.45. The molecule has 0 aliphatic carbocycles. The minimum absolute atomic E-state index is 0.0108. The van der Waals surface area contributed by atoms with Gasteiger partial charge in [-0.1, -0.05) is 100 Å². The zero-order valence-corrected chi connectivity index (χ0v) is 23.4. The van der Waals surface area contributed by atoms with Crippen LogP contribution in [-0.4, -0.2) is 53.9 Å². The van der Waals surface area contributed by atoms with E-state index in [-0.39, 0.29) is 29.4 Å². The maximum absolute atomic E-state index is 13.7. The molecule has 0 bridgehead atoms. The Bertz CT molecular complexity index is 962. The molecule has 0 spiro atoms. The van der Waals surface area contributed by atoms with Crippen LogP contribution in [0, 0.1) is 5.41 Å². The van der Waals surface area contributed by atoms with Crippen molar-refractivity contribution >= 4 is 11.8 Å². The van der Waals surface area contributed by atoms with E-state index in [1.54, 1.807) is 4.90 Å². The molecule has 2 aromatic rings. The summed E-state index contributed by atoms with van der Waals surface area (Å²) in [5.41, 5.74) is 1.98. The third-order valence-corrected chi connectivity index (χ3v) is 8.47. The first-order valence-corrected chi connectivity index (χ1v) is 14.9. The topological polar surface area (TPSA) is 49.9 Å². The third kappa shape index (κ3) is 7.12. The molecule has 1 unspecified atom stereocenters. The monoisotopic (exact) mass is 518 g/mol. The lowest BCUT2D eigenvalue weighted by Gasteiger charge is -2.42. The predicted octanol–water partition coefficient (Wildman–Crippen LogP) is 6.77. The number of ether oxygens (including phenoxy) is 1. The molecule has 0 N–H and O–H groups in total. The Morgan fingerprint density at radius 2 is 1.50 bits per heavy atom. The lowest BCUT2D eigenvalue weighted by atomic mass is 9.71. The molecule has 2 aliphatic heterocycles. The number of unbranched alkanes of at least 4 members (excludes halogenated alkanes) is 2. The van der Waals surface area contributed by atoms with Gasteiger partial charge in [-0.15, -0.1) is 0 Å². The van der Waals surface area contributed by atoms with Crippen LogP contribution in [0.4, 0.5) is 0 Å². The largest absolute Gasteiger partial charge is 0.364 e. The SMILES string of the molecule is CCCCC1(CCCC)CCC(=O)N(CCN2CCCC(OC(c3ccccc3)c3ccccc3)C2)C1=O. The number of carbonyl (C=O) groups is 2. The normalized spacial score (nSPS) is 20.3. The second-order valence-electron chi connectivity index (χ2n) is 11.2. The van der Waals surface area contributed by atoms with E-state index in [2.05, 4.69) is 67.3 Å². The Kier molecular flexibility index (Phi) is 10.5. The van der Waals surface area contributed by atoms with Crippen molar-refractivity contribution in [3.63, 3.8) is 0 Å². The van der Waals surface area contributed by atoms with Crippen LogP contribution in [0.2, 0.25) is 0 Å². The molecular weight excluding hydrogens is 472 g/mol. The summed E-state index contributed by atoms with van der Waals surface area (Å²) in [7, 11) is 0. The fraction of sp³-hybridized carbons (Fsp3) is 0.576. The van der Waals surface area contributed by atoms with E-state index in [0.29, 0.717) is 13.0 Å². The predicted molar refractivity (Wildman–Crippen MR) is 153 cm³/mol. The quantitative estimate of drug-likeness (QED) is 0.275. The van der Waals surface area contributed by atoms with Gasteiger partial charge in [0, 0.05) is 26.1 Å². The Morgan fingerprint density at radius 1 is 0.895 bits per heavy atom. The second kappa shape index (κ2) is 14.0. The molecule has 5 heteroatoms. The maximum Gasteiger partial charge on any atom is 0.235 e. The molecule has 0 radical (unpaired) electrons. The molecule has 2 aromatic carbocycles. The van der Waals surface area contributed by atoms with Crippen LogP contribution in [0.5, 0.6) is 0 Å². The first kappa shape index (κ1) is 28.5. The number of rotatable bonds is 13. The number of piperidine rings is 2. The number of amides is 2. The molecule has 2 fully saturated rings. The van der Waals surface area contributed by atoms with E-state index in [9.17, 15) is 9.59 Å². The second-order valence-corrected chi connectivity index (χ2v) is 11.2. The van der Waals surface area contributed by atoms with Crippen molar-refractivity contribution in [2.24, 2.45) is 5.41 Å². The highest BCUT2D eigenvalue weighted by Crippen LogP contribution is 2.41. The van der Waals surface area contributed by atoms with Crippen molar-refractivity contribution in [1.29, 1.82) is 0 Å². The highest BCUT2D eigenvalue weighted by molar-refractivity contribution is 6.00. The van der Waals surface area contributed by atoms with Gasteiger partial charge in [-0.25, -0.2) is 0 Å². The highest BCUT2D eigenvalue weighted by atomic mass is 16.5. The van der Waals surface area contributed by atoms with Crippen LogP contribution in [0.3, 0.4) is 0 Å². The minimum atomic E-state index is -0.341. The molecule has 0 saturated carbocycles. The molecular formula is C33H46N2O3. The molecule has 206 valence electrons. The first-order valence-electron chi connectivity index (χ1n) is 14.9. The van der Waals surface area contributed by atoms with Gasteiger partial charge in [0.15, 0.2) is 0 Å². The average Bonchev–Trinajstić information content (AvgIpc) is 2.96. The molecule has 38 heavy (non-hydrogen) atoms. The molecule has 0 aromatic heterocycles. The molecule has 4 rings (SSSR count). The standard InChI is InChI=1S/C33H46N2O3/c1-3-5-20-33(21-6-4-2)22-19-30(36)35(32(33)37)25-24-34-23-13-18-29(26-34)38-31(27-14-9-7-10-15-27)28-16-11-8-12-17-28/h7-12,14-17,29,31H,3-6,13,18-26H2,1-2H3. The number of likely N-dealkylation sites (tertiary alicyclic amines) is 2.